The van der Waals surface area contributed by atoms with Crippen molar-refractivity contribution < 1.29 is 21.4 Å². The van der Waals surface area contributed by atoms with Crippen LogP contribution in [0.4, 0.5) is 10.1 Å². The Morgan fingerprint density at radius 3 is 2.92 bits per heavy atom. The highest BCUT2D eigenvalue weighted by Gasteiger charge is 2.25. The van der Waals surface area contributed by atoms with E-state index in [1.807, 2.05) is 6.07 Å². The summed E-state index contributed by atoms with van der Waals surface area (Å²) in [7, 11) is 0. The normalized spacial score (nSPS) is 19.7. The van der Waals surface area contributed by atoms with E-state index in [1.165, 1.54) is 12.8 Å². The van der Waals surface area contributed by atoms with Gasteiger partial charge in [-0.1, -0.05) is 0 Å². The second-order valence-electron chi connectivity index (χ2n) is 6.99. The van der Waals surface area contributed by atoms with Gasteiger partial charge >= 0.3 is 0 Å². The van der Waals surface area contributed by atoms with Crippen LogP contribution in [-0.4, -0.2) is 56.5 Å². The zero-order valence-corrected chi connectivity index (χ0v) is 15.2. The topological polar surface area (TPSA) is 63.7 Å². The lowest BCUT2D eigenvalue weighted by atomic mass is 10.2. The van der Waals surface area contributed by atoms with E-state index in [0.29, 0.717) is 18.4 Å². The largest absolute Gasteiger partial charge is 0.476 e. The molecule has 144 valence electrons. The van der Waals surface area contributed by atoms with Crippen molar-refractivity contribution in [2.75, 3.05) is 44.4 Å². The Kier molecular flexibility index (Phi) is 5.74. The predicted molar refractivity (Wildman–Crippen MR) is 97.6 cm³/mol. The smallest absolute Gasteiger partial charge is 0.270 e. The molecule has 26 heavy (non-hydrogen) atoms. The number of hydrogen-bond acceptors (Lipinski definition) is 5. The third kappa shape index (κ3) is 5.30. The Morgan fingerprint density at radius 2 is 2.23 bits per heavy atom. The molecule has 2 heterocycles. The van der Waals surface area contributed by atoms with Crippen LogP contribution in [0.25, 0.3) is 0 Å². The molecule has 1 aromatic rings. The van der Waals surface area contributed by atoms with Gasteiger partial charge in [0.25, 0.3) is 5.91 Å². The van der Waals surface area contributed by atoms with Crippen LogP contribution in [0.1, 0.15) is 45.8 Å². The van der Waals surface area contributed by atoms with Gasteiger partial charge in [0.2, 0.25) is 5.88 Å². The third-order valence-electron chi connectivity index (χ3n) is 4.57. The van der Waals surface area contributed by atoms with Crippen molar-refractivity contribution in [3.8, 4) is 5.88 Å². The van der Waals surface area contributed by atoms with Gasteiger partial charge in [-0.05, 0) is 50.7 Å². The molecule has 3 rings (SSSR count). The van der Waals surface area contributed by atoms with Gasteiger partial charge in [0.1, 0.15) is 12.3 Å². The molecule has 0 spiro atoms. The van der Waals surface area contributed by atoms with Crippen LogP contribution in [0.3, 0.4) is 0 Å². The molecule has 1 aliphatic carbocycles. The van der Waals surface area contributed by atoms with Crippen LogP contribution in [0.5, 0.6) is 5.88 Å². The second-order valence-corrected chi connectivity index (χ2v) is 6.99. The number of nitrogens with zero attached hydrogens (tertiary/aromatic N) is 2. The molecule has 1 aliphatic heterocycles. The SMILES string of the molecule is [2H]C([2H])(F)COCC(C)NC(=O)c1ccc(N2CCCC2)c(OCC2CC2)n1. The summed E-state index contributed by atoms with van der Waals surface area (Å²) in [6.45, 7) is 0.696. The van der Waals surface area contributed by atoms with E-state index < -0.39 is 19.3 Å². The van der Waals surface area contributed by atoms with E-state index in [4.69, 9.17) is 12.2 Å². The maximum atomic E-state index is 12.8. The number of carbonyl (C=O) groups excluding carboxylic acids is 1. The molecule has 6 nitrogen and oxygen atoms in total. The van der Waals surface area contributed by atoms with Crippen LogP contribution in [0, 0.1) is 5.92 Å². The minimum atomic E-state index is -2.88. The Hall–Kier alpha value is -1.89. The summed E-state index contributed by atoms with van der Waals surface area (Å²) in [4.78, 5) is 19.2. The van der Waals surface area contributed by atoms with Gasteiger partial charge < -0.3 is 19.7 Å². The zero-order chi connectivity index (χ0) is 20.1. The van der Waals surface area contributed by atoms with Crippen molar-refractivity contribution in [1.82, 2.24) is 10.3 Å². The number of carbonyl (C=O) groups is 1. The number of anilines is 1. The molecule has 1 atom stereocenters. The molecular weight excluding hydrogens is 337 g/mol. The molecule has 7 heteroatoms. The highest BCUT2D eigenvalue weighted by atomic mass is 19.1. The maximum Gasteiger partial charge on any atom is 0.270 e. The van der Waals surface area contributed by atoms with Crippen molar-refractivity contribution in [2.45, 2.75) is 38.6 Å². The van der Waals surface area contributed by atoms with Crippen LogP contribution < -0.4 is 15.0 Å². The highest BCUT2D eigenvalue weighted by molar-refractivity contribution is 5.93. The number of aromatic nitrogens is 1. The lowest BCUT2D eigenvalue weighted by Crippen LogP contribution is -2.36. The first-order valence-corrected chi connectivity index (χ1v) is 9.28. The van der Waals surface area contributed by atoms with Crippen LogP contribution >= 0.6 is 0 Å². The van der Waals surface area contributed by atoms with E-state index in [0.717, 1.165) is 31.6 Å². The minimum Gasteiger partial charge on any atom is -0.476 e. The molecule has 1 N–H and O–H groups in total. The van der Waals surface area contributed by atoms with Gasteiger partial charge in [0, 0.05) is 19.1 Å². The Labute approximate surface area is 156 Å². The molecule has 0 aromatic carbocycles. The number of pyridine rings is 1. The monoisotopic (exact) mass is 367 g/mol. The molecule has 1 amide bonds. The minimum absolute atomic E-state index is 0.00602. The summed E-state index contributed by atoms with van der Waals surface area (Å²) in [5.41, 5.74) is 1.18. The van der Waals surface area contributed by atoms with E-state index in [2.05, 4.69) is 15.2 Å². The predicted octanol–water partition coefficient (Wildman–Crippen LogP) is 2.58. The first kappa shape index (κ1) is 16.3. The van der Waals surface area contributed by atoms with E-state index in [-0.39, 0.29) is 18.2 Å². The number of hydrogen-bond donors (Lipinski definition) is 1. The van der Waals surface area contributed by atoms with Crippen molar-refractivity contribution in [3.63, 3.8) is 0 Å². The third-order valence-corrected chi connectivity index (χ3v) is 4.57. The van der Waals surface area contributed by atoms with E-state index >= 15 is 0 Å². The van der Waals surface area contributed by atoms with Crippen molar-refractivity contribution in [3.05, 3.63) is 17.8 Å². The fraction of sp³-hybridized carbons (Fsp3) is 0.684. The summed E-state index contributed by atoms with van der Waals surface area (Å²) >= 11 is 0. The first-order valence-electron chi connectivity index (χ1n) is 10.3. The number of halogens is 1. The fourth-order valence-corrected chi connectivity index (χ4v) is 2.96. The van der Waals surface area contributed by atoms with Gasteiger partial charge in [0.05, 0.1) is 28.2 Å². The number of ether oxygens (including phenoxy) is 2. The number of nitrogens with one attached hydrogen (secondary N) is 1. The molecule has 2 fully saturated rings. The fourth-order valence-electron chi connectivity index (χ4n) is 2.96. The lowest BCUT2D eigenvalue weighted by molar-refractivity contribution is 0.0821. The quantitative estimate of drug-likeness (QED) is 0.689. The molecule has 2 aliphatic rings. The van der Waals surface area contributed by atoms with Crippen LogP contribution in [0.2, 0.25) is 0 Å². The maximum absolute atomic E-state index is 12.8. The molecule has 0 bridgehead atoms. The van der Waals surface area contributed by atoms with Crippen LogP contribution in [-0.2, 0) is 4.74 Å². The summed E-state index contributed by atoms with van der Waals surface area (Å²) in [6.07, 6.45) is 4.62. The molecule has 1 aromatic heterocycles. The average Bonchev–Trinajstić information content (AvgIpc) is 3.30. The summed E-state index contributed by atoms with van der Waals surface area (Å²) in [5, 5.41) is 2.74. The second kappa shape index (κ2) is 9.16. The van der Waals surface area contributed by atoms with E-state index in [9.17, 15) is 9.18 Å². The van der Waals surface area contributed by atoms with Crippen LogP contribution in [0.15, 0.2) is 12.1 Å². The molecule has 1 saturated carbocycles. The Bertz CT molecular complexity index is 677. The Morgan fingerprint density at radius 1 is 1.46 bits per heavy atom. The lowest BCUT2D eigenvalue weighted by Gasteiger charge is -2.21. The van der Waals surface area contributed by atoms with Crippen molar-refractivity contribution in [2.24, 2.45) is 5.92 Å². The number of amides is 1. The number of alkyl halides is 1. The summed E-state index contributed by atoms with van der Waals surface area (Å²) in [5.74, 6) is 0.708. The van der Waals surface area contributed by atoms with E-state index in [1.54, 1.807) is 13.0 Å². The summed E-state index contributed by atoms with van der Waals surface area (Å²) < 4.78 is 37.3. The molecule has 1 saturated heterocycles. The standard InChI is InChI=1S/C19H28FN3O3/c1-14(12-25-11-8-20)21-18(24)16-6-7-17(23-9-2-3-10-23)19(22-16)26-13-15-4-5-15/h6-7,14-15H,2-5,8-13H2,1H3,(H,21,24)/i8D2. The van der Waals surface area contributed by atoms with Crippen molar-refractivity contribution in [1.29, 1.82) is 0 Å². The van der Waals surface area contributed by atoms with Gasteiger partial charge in [-0.3, -0.25) is 4.79 Å². The molecular formula is C19H28FN3O3. The zero-order valence-electron chi connectivity index (χ0n) is 17.2. The van der Waals surface area contributed by atoms with Gasteiger partial charge in [-0.2, -0.15) is 0 Å². The Balaban J connectivity index is 1.61. The highest BCUT2D eigenvalue weighted by Crippen LogP contribution is 2.33. The van der Waals surface area contributed by atoms with Gasteiger partial charge in [-0.15, -0.1) is 0 Å². The first-order chi connectivity index (χ1) is 13.3. The number of rotatable bonds is 10. The molecule has 0 radical (unpaired) electrons. The average molecular weight is 367 g/mol. The van der Waals surface area contributed by atoms with Gasteiger partial charge in [0.15, 0.2) is 0 Å². The molecule has 1 unspecified atom stereocenters. The van der Waals surface area contributed by atoms with Crippen molar-refractivity contribution >= 4 is 11.6 Å². The van der Waals surface area contributed by atoms with Gasteiger partial charge in [-0.25, -0.2) is 9.37 Å². The summed E-state index contributed by atoms with van der Waals surface area (Å²) in [6, 6.07) is 3.15.